The second kappa shape index (κ2) is 12.1. The molecule has 4 aromatic rings. The molecule has 0 radical (unpaired) electrons. The first-order valence-electron chi connectivity index (χ1n) is 11.6. The van der Waals surface area contributed by atoms with Gasteiger partial charge in [0.15, 0.2) is 5.13 Å². The highest BCUT2D eigenvalue weighted by Gasteiger charge is 2.20. The smallest absolute Gasteiger partial charge is 0.321 e. The second-order valence-electron chi connectivity index (χ2n) is 8.16. The Kier molecular flexibility index (Phi) is 8.69. The number of aliphatic hydroxyl groups excluding tert-OH is 1. The molecule has 0 aliphatic rings. The Labute approximate surface area is 229 Å². The molecule has 14 heteroatoms. The quantitative estimate of drug-likeness (QED) is 0.190. The molecule has 2 heterocycles. The number of nitrogens with one attached hydrogen (secondary N) is 3. The fraction of sp³-hybridized carbons (Fsp3) is 0.200. The average molecular weight is 575 g/mol. The lowest BCUT2D eigenvalue weighted by Gasteiger charge is -2.13. The van der Waals surface area contributed by atoms with Crippen LogP contribution in [-0.2, 0) is 0 Å². The van der Waals surface area contributed by atoms with Crippen molar-refractivity contribution in [1.82, 2.24) is 15.3 Å². The van der Waals surface area contributed by atoms with Crippen molar-refractivity contribution in [2.45, 2.75) is 19.4 Å². The van der Waals surface area contributed by atoms with E-state index in [1.807, 2.05) is 6.92 Å². The van der Waals surface area contributed by atoms with Gasteiger partial charge in [0.2, 0.25) is 0 Å². The molecule has 0 aliphatic carbocycles. The average Bonchev–Trinajstić information content (AvgIpc) is 3.55. The lowest BCUT2D eigenvalue weighted by atomic mass is 10.1. The maximum absolute atomic E-state index is 14.8. The van der Waals surface area contributed by atoms with E-state index in [0.29, 0.717) is 28.1 Å². The van der Waals surface area contributed by atoms with Gasteiger partial charge >= 0.3 is 6.03 Å². The molecule has 2 aromatic carbocycles. The van der Waals surface area contributed by atoms with Crippen molar-refractivity contribution in [2.75, 3.05) is 30.1 Å². The third-order valence-electron chi connectivity index (χ3n) is 5.53. The Morgan fingerprint density at radius 2 is 1.95 bits per heavy atom. The maximum Gasteiger partial charge on any atom is 0.321 e. The number of halogens is 2. The standard InChI is InChI=1S/C25H24F2N6O4S2/c1-3-13(10-34)29-24(36)33-25-32-21(28)20(39-25)23-31-19(11-38-23)15-8-18(17(27)9-16(15)26)30-22(35)12-5-4-6-14(7-12)37-2/h4-9,11,13,34H,3,10,28H2,1-2H3,(H,30,35)(H2,29,32,33,36)/t13-/m1/s1. The number of benzene rings is 2. The summed E-state index contributed by atoms with van der Waals surface area (Å²) < 4.78 is 34.4. The highest BCUT2D eigenvalue weighted by Crippen LogP contribution is 2.39. The van der Waals surface area contributed by atoms with Crippen molar-refractivity contribution in [3.05, 3.63) is 59.0 Å². The van der Waals surface area contributed by atoms with Crippen molar-refractivity contribution in [2.24, 2.45) is 0 Å². The first kappa shape index (κ1) is 27.9. The minimum absolute atomic E-state index is 0.0322. The van der Waals surface area contributed by atoms with Crippen LogP contribution < -0.4 is 26.4 Å². The number of aliphatic hydroxyl groups is 1. The molecule has 1 atom stereocenters. The SMILES string of the molecule is CC[C@H](CO)NC(=O)Nc1nc(N)c(-c2nc(-c3cc(NC(=O)c4cccc(OC)c4)c(F)cc3F)cs2)s1. The Morgan fingerprint density at radius 3 is 2.67 bits per heavy atom. The Morgan fingerprint density at radius 1 is 1.15 bits per heavy atom. The lowest BCUT2D eigenvalue weighted by Crippen LogP contribution is -2.39. The summed E-state index contributed by atoms with van der Waals surface area (Å²) in [7, 11) is 1.46. The van der Waals surface area contributed by atoms with Gasteiger partial charge < -0.3 is 26.2 Å². The summed E-state index contributed by atoms with van der Waals surface area (Å²) >= 11 is 2.22. The number of carbonyl (C=O) groups is 2. The van der Waals surface area contributed by atoms with E-state index in [9.17, 15) is 23.5 Å². The van der Waals surface area contributed by atoms with Crippen LogP contribution in [0.4, 0.5) is 30.2 Å². The number of nitrogens with zero attached hydrogens (tertiary/aromatic N) is 2. The number of carbonyl (C=O) groups excluding carboxylic acids is 2. The van der Waals surface area contributed by atoms with E-state index in [2.05, 4.69) is 25.9 Å². The molecule has 4 rings (SSSR count). The van der Waals surface area contributed by atoms with Gasteiger partial charge in [0.1, 0.15) is 33.1 Å². The summed E-state index contributed by atoms with van der Waals surface area (Å²) in [5.41, 5.74) is 6.20. The van der Waals surface area contributed by atoms with E-state index < -0.39 is 29.6 Å². The van der Waals surface area contributed by atoms with Crippen molar-refractivity contribution in [3.63, 3.8) is 0 Å². The molecule has 39 heavy (non-hydrogen) atoms. The minimum Gasteiger partial charge on any atom is -0.497 e. The Bertz CT molecular complexity index is 1510. The lowest BCUT2D eigenvalue weighted by molar-refractivity contribution is 0.102. The molecule has 0 saturated carbocycles. The number of hydrogen-bond acceptors (Lipinski definition) is 9. The van der Waals surface area contributed by atoms with Crippen LogP contribution in [0.1, 0.15) is 23.7 Å². The normalized spacial score (nSPS) is 11.6. The van der Waals surface area contributed by atoms with Crippen LogP contribution in [0.25, 0.3) is 21.1 Å². The van der Waals surface area contributed by atoms with Crippen molar-refractivity contribution >= 4 is 51.2 Å². The molecule has 0 spiro atoms. The number of nitrogen functional groups attached to an aromatic ring is 1. The number of urea groups is 1. The largest absolute Gasteiger partial charge is 0.497 e. The van der Waals surface area contributed by atoms with Crippen LogP contribution in [-0.4, -0.2) is 46.8 Å². The first-order chi connectivity index (χ1) is 18.7. The van der Waals surface area contributed by atoms with Crippen LogP contribution >= 0.6 is 22.7 Å². The first-order valence-corrected chi connectivity index (χ1v) is 13.3. The van der Waals surface area contributed by atoms with Gasteiger partial charge in [0, 0.05) is 22.6 Å². The fourth-order valence-electron chi connectivity index (χ4n) is 3.44. The molecule has 6 N–H and O–H groups in total. The van der Waals surface area contributed by atoms with Crippen molar-refractivity contribution < 1.29 is 28.2 Å². The molecule has 0 bridgehead atoms. The summed E-state index contributed by atoms with van der Waals surface area (Å²) in [6, 6.07) is 7.20. The molecule has 0 aliphatic heterocycles. The van der Waals surface area contributed by atoms with Crippen molar-refractivity contribution in [1.29, 1.82) is 0 Å². The van der Waals surface area contributed by atoms with E-state index >= 15 is 0 Å². The number of hydrogen-bond donors (Lipinski definition) is 5. The predicted octanol–water partition coefficient (Wildman–Crippen LogP) is 4.95. The van der Waals surface area contributed by atoms with E-state index in [1.54, 1.807) is 17.5 Å². The predicted molar refractivity (Wildman–Crippen MR) is 147 cm³/mol. The zero-order chi connectivity index (χ0) is 28.1. The van der Waals surface area contributed by atoms with E-state index in [1.165, 1.54) is 25.3 Å². The molecule has 3 amide bonds. The van der Waals surface area contributed by atoms with Crippen LogP contribution in [0.15, 0.2) is 41.8 Å². The summed E-state index contributed by atoms with van der Waals surface area (Å²) in [4.78, 5) is 33.8. The number of ether oxygens (including phenoxy) is 1. The van der Waals surface area contributed by atoms with E-state index in [-0.39, 0.29) is 40.1 Å². The van der Waals surface area contributed by atoms with Gasteiger partial charge in [-0.1, -0.05) is 24.3 Å². The van der Waals surface area contributed by atoms with E-state index in [4.69, 9.17) is 10.5 Å². The molecular weight excluding hydrogens is 550 g/mol. The van der Waals surface area contributed by atoms with Gasteiger partial charge in [0.05, 0.1) is 31.1 Å². The van der Waals surface area contributed by atoms with Crippen LogP contribution in [0.5, 0.6) is 5.75 Å². The molecule has 0 fully saturated rings. The molecule has 0 saturated heterocycles. The number of nitrogens with two attached hydrogens (primary N) is 1. The van der Waals surface area contributed by atoms with Crippen LogP contribution in [0.2, 0.25) is 0 Å². The Balaban J connectivity index is 1.55. The molecule has 10 nitrogen and oxygen atoms in total. The molecule has 204 valence electrons. The summed E-state index contributed by atoms with van der Waals surface area (Å²) in [5.74, 6) is -1.86. The number of aromatic nitrogens is 2. The van der Waals surface area contributed by atoms with Gasteiger partial charge in [-0.25, -0.2) is 23.5 Å². The third-order valence-corrected chi connectivity index (χ3v) is 7.52. The van der Waals surface area contributed by atoms with Crippen LogP contribution in [0.3, 0.4) is 0 Å². The van der Waals surface area contributed by atoms with Crippen LogP contribution in [0, 0.1) is 11.6 Å². The third kappa shape index (κ3) is 6.47. The minimum atomic E-state index is -0.949. The number of thiazole rings is 2. The van der Waals surface area contributed by atoms with Gasteiger partial charge in [-0.3, -0.25) is 10.1 Å². The summed E-state index contributed by atoms with van der Waals surface area (Å²) in [6.07, 6.45) is 0.545. The van der Waals surface area contributed by atoms with Gasteiger partial charge in [-0.2, -0.15) is 0 Å². The zero-order valence-electron chi connectivity index (χ0n) is 20.7. The van der Waals surface area contributed by atoms with E-state index in [0.717, 1.165) is 22.7 Å². The number of methoxy groups -OCH3 is 1. The van der Waals surface area contributed by atoms with Gasteiger partial charge in [0.25, 0.3) is 5.91 Å². The number of anilines is 3. The molecule has 2 aromatic heterocycles. The zero-order valence-corrected chi connectivity index (χ0v) is 22.4. The number of amides is 3. The molecular formula is C25H24F2N6O4S2. The van der Waals surface area contributed by atoms with Gasteiger partial charge in [-0.15, -0.1) is 11.3 Å². The monoisotopic (exact) mass is 574 g/mol. The summed E-state index contributed by atoms with van der Waals surface area (Å²) in [6.45, 7) is 1.62. The highest BCUT2D eigenvalue weighted by molar-refractivity contribution is 7.23. The maximum atomic E-state index is 14.8. The topological polar surface area (TPSA) is 151 Å². The number of rotatable bonds is 9. The second-order valence-corrected chi connectivity index (χ2v) is 10.0. The van der Waals surface area contributed by atoms with Crippen molar-refractivity contribution in [3.8, 4) is 26.9 Å². The summed E-state index contributed by atoms with van der Waals surface area (Å²) in [5, 5.41) is 19.0. The van der Waals surface area contributed by atoms with Gasteiger partial charge in [-0.05, 0) is 30.7 Å². The molecule has 0 unspecified atom stereocenters. The highest BCUT2D eigenvalue weighted by atomic mass is 32.1. The fourth-order valence-corrected chi connectivity index (χ4v) is 5.23. The Hall–Kier alpha value is -4.14.